The number of benzene rings is 1. The van der Waals surface area contributed by atoms with E-state index in [2.05, 4.69) is 39.9 Å². The maximum Gasteiger partial charge on any atom is 0.317 e. The molecule has 3 rings (SSSR count). The van der Waals surface area contributed by atoms with Gasteiger partial charge >= 0.3 is 5.97 Å². The Morgan fingerprint density at radius 1 is 1.34 bits per heavy atom. The largest absolute Gasteiger partial charge is 0.508 e. The molecule has 1 heterocycles. The van der Waals surface area contributed by atoms with E-state index in [4.69, 9.17) is 9.84 Å². The zero-order valence-electron chi connectivity index (χ0n) is 18.0. The van der Waals surface area contributed by atoms with Crippen molar-refractivity contribution < 1.29 is 24.9 Å². The summed E-state index contributed by atoms with van der Waals surface area (Å²) in [6, 6.07) is 3.87. The molecule has 29 heavy (non-hydrogen) atoms. The number of hydrogen-bond donors (Lipinski definition) is 4. The van der Waals surface area contributed by atoms with Gasteiger partial charge in [0, 0.05) is 23.9 Å². The van der Waals surface area contributed by atoms with Gasteiger partial charge in [-0.2, -0.15) is 0 Å². The Kier molecular flexibility index (Phi) is 5.71. The molecule has 0 radical (unpaired) electrons. The van der Waals surface area contributed by atoms with E-state index in [1.807, 2.05) is 18.2 Å². The summed E-state index contributed by atoms with van der Waals surface area (Å²) < 4.78 is 6.36. The quantitative estimate of drug-likeness (QED) is 0.563. The van der Waals surface area contributed by atoms with Gasteiger partial charge in [0.05, 0.1) is 12.6 Å². The van der Waals surface area contributed by atoms with Crippen molar-refractivity contribution in [2.75, 3.05) is 13.1 Å². The molecule has 0 fully saturated rings. The second kappa shape index (κ2) is 7.65. The summed E-state index contributed by atoms with van der Waals surface area (Å²) in [6.45, 7) is 10.5. The minimum absolute atomic E-state index is 0.0388. The summed E-state index contributed by atoms with van der Waals surface area (Å²) in [5, 5.41) is 33.0. The Bertz CT molecular complexity index is 821. The highest BCUT2D eigenvalue weighted by Crippen LogP contribution is 2.55. The van der Waals surface area contributed by atoms with Crippen molar-refractivity contribution in [2.45, 2.75) is 70.5 Å². The van der Waals surface area contributed by atoms with Gasteiger partial charge in [-0.15, -0.1) is 0 Å². The van der Waals surface area contributed by atoms with Crippen LogP contribution in [0.3, 0.4) is 0 Å². The second-order valence-corrected chi connectivity index (χ2v) is 9.83. The van der Waals surface area contributed by atoms with Gasteiger partial charge in [0.1, 0.15) is 17.1 Å². The van der Waals surface area contributed by atoms with Gasteiger partial charge in [-0.3, -0.25) is 4.79 Å². The lowest BCUT2D eigenvalue weighted by atomic mass is 9.66. The number of carboxylic acid groups (broad SMARTS) is 1. The number of aliphatic hydroxyl groups is 1. The number of aliphatic hydroxyl groups excluding tert-OH is 1. The van der Waals surface area contributed by atoms with E-state index in [9.17, 15) is 15.0 Å². The average Bonchev–Trinajstić information content (AvgIpc) is 2.59. The van der Waals surface area contributed by atoms with Crippen LogP contribution in [0.15, 0.2) is 23.8 Å². The third-order valence-electron chi connectivity index (χ3n) is 6.24. The van der Waals surface area contributed by atoms with E-state index < -0.39 is 17.7 Å². The van der Waals surface area contributed by atoms with E-state index in [1.165, 1.54) is 0 Å². The molecule has 0 amide bonds. The molecular formula is C23H33NO5. The highest BCUT2D eigenvalue weighted by molar-refractivity contribution is 5.69. The topological polar surface area (TPSA) is 99.0 Å². The number of phenolic OH excluding ortho intramolecular Hbond substituents is 1. The van der Waals surface area contributed by atoms with Gasteiger partial charge in [-0.25, -0.2) is 0 Å². The molecule has 0 bridgehead atoms. The minimum Gasteiger partial charge on any atom is -0.508 e. The normalized spacial score (nSPS) is 24.0. The number of nitrogens with one attached hydrogen (secondary N) is 1. The maximum atomic E-state index is 10.9. The molecule has 0 saturated carbocycles. The lowest BCUT2D eigenvalue weighted by molar-refractivity contribution is -0.136. The van der Waals surface area contributed by atoms with Crippen LogP contribution < -0.4 is 10.1 Å². The Hall–Kier alpha value is -2.05. The number of carboxylic acids is 1. The van der Waals surface area contributed by atoms with Gasteiger partial charge in [0.25, 0.3) is 0 Å². The van der Waals surface area contributed by atoms with Crippen LogP contribution >= 0.6 is 0 Å². The smallest absolute Gasteiger partial charge is 0.317 e. The maximum absolute atomic E-state index is 10.9. The molecule has 0 saturated heterocycles. The van der Waals surface area contributed by atoms with E-state index in [-0.39, 0.29) is 36.1 Å². The van der Waals surface area contributed by atoms with Gasteiger partial charge < -0.3 is 25.4 Å². The van der Waals surface area contributed by atoms with Crippen LogP contribution in [0.2, 0.25) is 0 Å². The molecule has 2 aliphatic rings. The Balaban J connectivity index is 1.91. The van der Waals surface area contributed by atoms with Crippen LogP contribution in [0, 0.1) is 5.92 Å². The second-order valence-electron chi connectivity index (χ2n) is 9.83. The lowest BCUT2D eigenvalue weighted by Crippen LogP contribution is -2.46. The fourth-order valence-electron chi connectivity index (χ4n) is 4.57. The molecular weight excluding hydrogens is 370 g/mol. The summed E-state index contributed by atoms with van der Waals surface area (Å²) in [4.78, 5) is 10.7. The fraction of sp³-hybridized carbons (Fsp3) is 0.609. The summed E-state index contributed by atoms with van der Waals surface area (Å²) in [5.74, 6) is 0.245. The van der Waals surface area contributed by atoms with Gasteiger partial charge in [0.15, 0.2) is 0 Å². The fourth-order valence-corrected chi connectivity index (χ4v) is 4.57. The van der Waals surface area contributed by atoms with E-state index >= 15 is 0 Å². The van der Waals surface area contributed by atoms with Gasteiger partial charge in [-0.1, -0.05) is 26.8 Å². The number of phenols is 1. The third kappa shape index (κ3) is 4.43. The first kappa shape index (κ1) is 21.7. The molecule has 6 nitrogen and oxygen atoms in total. The molecule has 6 heteroatoms. The molecule has 4 N–H and O–H groups in total. The number of aliphatic carboxylic acids is 1. The van der Waals surface area contributed by atoms with Crippen molar-refractivity contribution in [1.82, 2.24) is 5.32 Å². The van der Waals surface area contributed by atoms with Crippen LogP contribution in [-0.2, 0) is 10.2 Å². The number of ether oxygens (including phenoxy) is 1. The van der Waals surface area contributed by atoms with E-state index in [0.29, 0.717) is 6.42 Å². The van der Waals surface area contributed by atoms with Crippen LogP contribution in [0.4, 0.5) is 0 Å². The number of allylic oxidation sites excluding steroid dienone is 1. The summed E-state index contributed by atoms with van der Waals surface area (Å²) >= 11 is 0. The molecule has 160 valence electrons. The molecule has 1 aliphatic heterocycles. The molecule has 1 aromatic rings. The summed E-state index contributed by atoms with van der Waals surface area (Å²) in [7, 11) is 0. The Morgan fingerprint density at radius 3 is 2.66 bits per heavy atom. The number of aromatic hydroxyl groups is 1. The summed E-state index contributed by atoms with van der Waals surface area (Å²) in [5.41, 5.74) is 2.22. The van der Waals surface area contributed by atoms with Crippen LogP contribution in [0.25, 0.3) is 0 Å². The number of rotatable bonds is 5. The number of hydrogen-bond acceptors (Lipinski definition) is 5. The zero-order valence-corrected chi connectivity index (χ0v) is 18.0. The van der Waals surface area contributed by atoms with Crippen LogP contribution in [-0.4, -0.2) is 46.1 Å². The summed E-state index contributed by atoms with van der Waals surface area (Å²) in [6.07, 6.45) is 2.65. The predicted octanol–water partition coefficient (Wildman–Crippen LogP) is 3.32. The van der Waals surface area contributed by atoms with Crippen molar-refractivity contribution in [2.24, 2.45) is 5.92 Å². The first-order valence-electron chi connectivity index (χ1n) is 10.3. The van der Waals surface area contributed by atoms with Crippen molar-refractivity contribution in [3.63, 3.8) is 0 Å². The highest BCUT2D eigenvalue weighted by atomic mass is 16.5. The van der Waals surface area contributed by atoms with Gasteiger partial charge in [0.2, 0.25) is 0 Å². The SMILES string of the molecule is CC(C)(C)c1cc(O)c2c(c1)OC(C)(C)[C@@H]1CC=C(C(O)CNCC(=O)O)C[C@@H]21. The van der Waals surface area contributed by atoms with Crippen molar-refractivity contribution in [3.8, 4) is 11.5 Å². The van der Waals surface area contributed by atoms with Crippen molar-refractivity contribution >= 4 is 5.97 Å². The highest BCUT2D eigenvalue weighted by Gasteiger charge is 2.46. The first-order chi connectivity index (χ1) is 13.4. The van der Waals surface area contributed by atoms with Crippen LogP contribution in [0.1, 0.15) is 64.5 Å². The van der Waals surface area contributed by atoms with Crippen molar-refractivity contribution in [3.05, 3.63) is 34.9 Å². The monoisotopic (exact) mass is 403 g/mol. The molecule has 1 aliphatic carbocycles. The Labute approximate surface area is 172 Å². The van der Waals surface area contributed by atoms with Crippen LogP contribution in [0.5, 0.6) is 11.5 Å². The number of carbonyl (C=O) groups is 1. The lowest BCUT2D eigenvalue weighted by Gasteiger charge is -2.47. The molecule has 0 aromatic heterocycles. The molecule has 1 unspecified atom stereocenters. The van der Waals surface area contributed by atoms with Gasteiger partial charge in [-0.05, 0) is 55.4 Å². The first-order valence-corrected chi connectivity index (χ1v) is 10.3. The average molecular weight is 404 g/mol. The Morgan fingerprint density at radius 2 is 2.03 bits per heavy atom. The zero-order chi connectivity index (χ0) is 21.6. The molecule has 1 aromatic carbocycles. The van der Waals surface area contributed by atoms with E-state index in [1.54, 1.807) is 0 Å². The minimum atomic E-state index is -0.949. The number of fused-ring (bicyclic) bond motifs is 3. The molecule has 3 atom stereocenters. The predicted molar refractivity (Wildman–Crippen MR) is 112 cm³/mol. The molecule has 0 spiro atoms. The van der Waals surface area contributed by atoms with Crippen molar-refractivity contribution in [1.29, 1.82) is 0 Å². The third-order valence-corrected chi connectivity index (χ3v) is 6.24. The van der Waals surface area contributed by atoms with E-state index in [0.717, 1.165) is 28.9 Å². The standard InChI is InChI=1S/C23H33NO5/c1-22(2,3)14-9-17(25)21-15-8-13(18(26)11-24-12-20(27)28)6-7-16(15)23(4,5)29-19(21)10-14/h6,9-10,15-16,18,24-26H,7-8,11-12H2,1-5H3,(H,27,28)/t15-,16-,18?/m1/s1.